The van der Waals surface area contributed by atoms with Crippen molar-refractivity contribution >= 4 is 0 Å². The molecule has 0 aromatic heterocycles. The van der Waals surface area contributed by atoms with Crippen molar-refractivity contribution in [3.8, 4) is 0 Å². The van der Waals surface area contributed by atoms with Gasteiger partial charge in [0.1, 0.15) is 5.66 Å². The second-order valence-electron chi connectivity index (χ2n) is 3.54. The highest BCUT2D eigenvalue weighted by atomic mass is 15.3. The molecule has 1 N–H and O–H groups in total. The summed E-state index contributed by atoms with van der Waals surface area (Å²) in [5.41, 5.74) is 1.19. The van der Waals surface area contributed by atoms with E-state index < -0.39 is 0 Å². The van der Waals surface area contributed by atoms with Gasteiger partial charge in [-0.25, -0.2) is 0 Å². The molecule has 0 saturated heterocycles. The normalized spacial score (nSPS) is 27.9. The van der Waals surface area contributed by atoms with Gasteiger partial charge in [0.25, 0.3) is 0 Å². The minimum absolute atomic E-state index is 0.130. The number of hydrogen-bond acceptors (Lipinski definition) is 2. The average Bonchev–Trinajstić information content (AvgIpc) is 2.20. The molecule has 0 saturated carbocycles. The number of likely N-dealkylation sites (N-methyl/N-ethyl adjacent to an activating group) is 1. The lowest BCUT2D eigenvalue weighted by molar-refractivity contribution is 0.217. The molecule has 0 spiro atoms. The lowest BCUT2D eigenvalue weighted by atomic mass is 10.0. The van der Waals surface area contributed by atoms with Gasteiger partial charge in [-0.3, -0.25) is 0 Å². The summed E-state index contributed by atoms with van der Waals surface area (Å²) in [6.07, 6.45) is 9.23. The summed E-state index contributed by atoms with van der Waals surface area (Å²) in [4.78, 5) is 2.16. The molecule has 72 valence electrons. The fraction of sp³-hybridized carbons (Fsp3) is 0.455. The molecule has 1 unspecified atom stereocenters. The summed E-state index contributed by atoms with van der Waals surface area (Å²) in [6.45, 7) is 8.00. The highest BCUT2D eigenvalue weighted by molar-refractivity contribution is 5.21. The van der Waals surface area contributed by atoms with Crippen molar-refractivity contribution in [1.82, 2.24) is 10.2 Å². The van der Waals surface area contributed by atoms with Gasteiger partial charge in [-0.2, -0.15) is 0 Å². The fourth-order valence-corrected chi connectivity index (χ4v) is 1.50. The standard InChI is InChI=1S/C11H18N2/c1-5-12-11(3)10(2)8-6-7-9-13(11)4/h5,7-9,12H,1,6H2,2-4H3. The van der Waals surface area contributed by atoms with Crippen molar-refractivity contribution < 1.29 is 0 Å². The highest BCUT2D eigenvalue weighted by Crippen LogP contribution is 2.23. The largest absolute Gasteiger partial charge is 0.366 e. The molecule has 1 atom stereocenters. The third kappa shape index (κ3) is 1.77. The molecule has 0 aromatic rings. The number of nitrogens with zero attached hydrogens (tertiary/aromatic N) is 1. The Hall–Kier alpha value is -1.18. The first kappa shape index (κ1) is 9.90. The van der Waals surface area contributed by atoms with E-state index in [1.54, 1.807) is 6.20 Å². The van der Waals surface area contributed by atoms with Crippen molar-refractivity contribution in [3.05, 3.63) is 36.7 Å². The van der Waals surface area contributed by atoms with Crippen LogP contribution >= 0.6 is 0 Å². The van der Waals surface area contributed by atoms with Gasteiger partial charge in [-0.05, 0) is 38.2 Å². The average molecular weight is 178 g/mol. The van der Waals surface area contributed by atoms with E-state index in [1.165, 1.54) is 5.57 Å². The molecule has 1 aliphatic rings. The lowest BCUT2D eigenvalue weighted by Crippen LogP contribution is -2.51. The summed E-state index contributed by atoms with van der Waals surface area (Å²) in [7, 11) is 2.07. The summed E-state index contributed by atoms with van der Waals surface area (Å²) in [5, 5.41) is 3.27. The van der Waals surface area contributed by atoms with Gasteiger partial charge >= 0.3 is 0 Å². The van der Waals surface area contributed by atoms with Crippen molar-refractivity contribution in [3.63, 3.8) is 0 Å². The first-order valence-corrected chi connectivity index (χ1v) is 4.56. The van der Waals surface area contributed by atoms with E-state index in [4.69, 9.17) is 0 Å². The second kappa shape index (κ2) is 3.69. The molecule has 13 heavy (non-hydrogen) atoms. The van der Waals surface area contributed by atoms with Crippen LogP contribution in [0.2, 0.25) is 0 Å². The molecule has 2 heteroatoms. The minimum Gasteiger partial charge on any atom is -0.366 e. The van der Waals surface area contributed by atoms with Crippen molar-refractivity contribution in [2.24, 2.45) is 0 Å². The third-order valence-electron chi connectivity index (χ3n) is 2.75. The fourth-order valence-electron chi connectivity index (χ4n) is 1.50. The van der Waals surface area contributed by atoms with Gasteiger partial charge in [-0.15, -0.1) is 0 Å². The molecule has 0 amide bonds. The Morgan fingerprint density at radius 1 is 1.69 bits per heavy atom. The number of rotatable bonds is 2. The Bertz CT molecular complexity index is 253. The Morgan fingerprint density at radius 3 is 3.00 bits per heavy atom. The Morgan fingerprint density at radius 2 is 2.38 bits per heavy atom. The van der Waals surface area contributed by atoms with Crippen LogP contribution in [0.25, 0.3) is 0 Å². The van der Waals surface area contributed by atoms with Gasteiger partial charge in [0.05, 0.1) is 0 Å². The summed E-state index contributed by atoms with van der Waals surface area (Å²) in [6, 6.07) is 0. The number of nitrogens with one attached hydrogen (secondary N) is 1. The molecule has 0 aromatic carbocycles. The zero-order valence-electron chi connectivity index (χ0n) is 8.67. The predicted octanol–water partition coefficient (Wildman–Crippen LogP) is 2.23. The maximum atomic E-state index is 3.71. The van der Waals surface area contributed by atoms with Gasteiger partial charge in [-0.1, -0.05) is 18.7 Å². The Kier molecular flexibility index (Phi) is 2.81. The quantitative estimate of drug-likeness (QED) is 0.652. The van der Waals surface area contributed by atoms with Crippen LogP contribution < -0.4 is 5.32 Å². The van der Waals surface area contributed by atoms with Crippen LogP contribution in [0.3, 0.4) is 0 Å². The summed E-state index contributed by atoms with van der Waals surface area (Å²) >= 11 is 0. The van der Waals surface area contributed by atoms with Crippen LogP contribution in [0.4, 0.5) is 0 Å². The molecule has 2 nitrogen and oxygen atoms in total. The second-order valence-corrected chi connectivity index (χ2v) is 3.54. The van der Waals surface area contributed by atoms with Crippen LogP contribution in [-0.2, 0) is 0 Å². The molecule has 1 aliphatic heterocycles. The van der Waals surface area contributed by atoms with Crippen LogP contribution in [0.15, 0.2) is 36.7 Å². The maximum absolute atomic E-state index is 3.71. The van der Waals surface area contributed by atoms with Crippen LogP contribution in [-0.4, -0.2) is 17.6 Å². The van der Waals surface area contributed by atoms with Gasteiger partial charge in [0.15, 0.2) is 0 Å². The zero-order valence-corrected chi connectivity index (χ0v) is 8.67. The smallest absolute Gasteiger partial charge is 0.128 e. The van der Waals surface area contributed by atoms with Gasteiger partial charge in [0.2, 0.25) is 0 Å². The molecule has 1 rings (SSSR count). The molecular weight excluding hydrogens is 160 g/mol. The monoisotopic (exact) mass is 178 g/mol. The van der Waals surface area contributed by atoms with E-state index in [-0.39, 0.29) is 5.66 Å². The van der Waals surface area contributed by atoms with E-state index in [0.29, 0.717) is 0 Å². The molecule has 0 radical (unpaired) electrons. The number of hydrogen-bond donors (Lipinski definition) is 1. The minimum atomic E-state index is -0.130. The van der Waals surface area contributed by atoms with E-state index in [0.717, 1.165) is 6.42 Å². The van der Waals surface area contributed by atoms with E-state index in [9.17, 15) is 0 Å². The van der Waals surface area contributed by atoms with Crippen molar-refractivity contribution in [2.75, 3.05) is 7.05 Å². The molecule has 0 aliphatic carbocycles. The maximum Gasteiger partial charge on any atom is 0.128 e. The van der Waals surface area contributed by atoms with E-state index in [1.807, 2.05) is 0 Å². The van der Waals surface area contributed by atoms with Crippen LogP contribution in [0.5, 0.6) is 0 Å². The van der Waals surface area contributed by atoms with Crippen LogP contribution in [0, 0.1) is 0 Å². The topological polar surface area (TPSA) is 15.3 Å². The summed E-state index contributed by atoms with van der Waals surface area (Å²) < 4.78 is 0. The SMILES string of the molecule is C=CNC1(C)C(C)=CCC=CN1C. The highest BCUT2D eigenvalue weighted by Gasteiger charge is 2.28. The Labute approximate surface area is 80.6 Å². The predicted molar refractivity (Wildman–Crippen MR) is 57.0 cm³/mol. The van der Waals surface area contributed by atoms with Crippen molar-refractivity contribution in [2.45, 2.75) is 25.9 Å². The van der Waals surface area contributed by atoms with Crippen molar-refractivity contribution in [1.29, 1.82) is 0 Å². The molecule has 1 heterocycles. The van der Waals surface area contributed by atoms with E-state index in [2.05, 4.69) is 56.0 Å². The molecular formula is C11H18N2. The molecule has 0 fully saturated rings. The Balaban J connectivity index is 2.99. The van der Waals surface area contributed by atoms with E-state index >= 15 is 0 Å². The van der Waals surface area contributed by atoms with Crippen LogP contribution in [0.1, 0.15) is 20.3 Å². The third-order valence-corrected chi connectivity index (χ3v) is 2.75. The summed E-state index contributed by atoms with van der Waals surface area (Å²) in [5.74, 6) is 0. The first-order chi connectivity index (χ1) is 6.11. The van der Waals surface area contributed by atoms with Gasteiger partial charge in [0, 0.05) is 7.05 Å². The molecule has 0 bridgehead atoms. The first-order valence-electron chi connectivity index (χ1n) is 4.56. The lowest BCUT2D eigenvalue weighted by Gasteiger charge is -2.39. The van der Waals surface area contributed by atoms with Gasteiger partial charge < -0.3 is 10.2 Å². The number of allylic oxidation sites excluding steroid dienone is 2. The zero-order chi connectivity index (χ0) is 9.90.